The van der Waals surface area contributed by atoms with Crippen LogP contribution in [0.4, 0.5) is 0 Å². The van der Waals surface area contributed by atoms with Crippen molar-refractivity contribution in [2.24, 2.45) is 5.73 Å². The minimum Gasteiger partial charge on any atom is -0.329 e. The first-order valence-corrected chi connectivity index (χ1v) is 3.97. The summed E-state index contributed by atoms with van der Waals surface area (Å²) in [6, 6.07) is 0. The molecule has 2 heteroatoms. The zero-order chi connectivity index (χ0) is 8.20. The van der Waals surface area contributed by atoms with Crippen LogP contribution in [0.2, 0.25) is 0 Å². The van der Waals surface area contributed by atoms with Gasteiger partial charge in [0.2, 0.25) is 0 Å². The van der Waals surface area contributed by atoms with Crippen LogP contribution in [-0.4, -0.2) is 30.1 Å². The number of hydrogen-bond acceptors (Lipinski definition) is 2. The molecular formula is C8H20N2. The van der Waals surface area contributed by atoms with Gasteiger partial charge in [0.25, 0.3) is 0 Å². The molecule has 0 unspecified atom stereocenters. The molecule has 10 heavy (non-hydrogen) atoms. The highest BCUT2D eigenvalue weighted by molar-refractivity contribution is 4.74. The van der Waals surface area contributed by atoms with E-state index in [9.17, 15) is 0 Å². The van der Waals surface area contributed by atoms with Crippen LogP contribution in [0.25, 0.3) is 0 Å². The molecule has 0 heterocycles. The Morgan fingerprint density at radius 2 is 1.80 bits per heavy atom. The Kier molecular flexibility index (Phi) is 3.91. The van der Waals surface area contributed by atoms with Gasteiger partial charge >= 0.3 is 0 Å². The van der Waals surface area contributed by atoms with Crippen molar-refractivity contribution in [3.05, 3.63) is 0 Å². The van der Waals surface area contributed by atoms with E-state index in [0.29, 0.717) is 0 Å². The fraction of sp³-hybridized carbons (Fsp3) is 1.00. The molecule has 0 bridgehead atoms. The van der Waals surface area contributed by atoms with Crippen molar-refractivity contribution in [1.82, 2.24) is 4.90 Å². The number of rotatable bonds is 3. The molecule has 0 amide bonds. The SMILES string of the molecule is CCN(CCN)C(C)(C)C. The lowest BCUT2D eigenvalue weighted by molar-refractivity contribution is 0.149. The Hall–Kier alpha value is -0.0800. The van der Waals surface area contributed by atoms with Crippen LogP contribution >= 0.6 is 0 Å². The maximum atomic E-state index is 5.46. The molecule has 0 rings (SSSR count). The smallest absolute Gasteiger partial charge is 0.0125 e. The second kappa shape index (κ2) is 3.94. The lowest BCUT2D eigenvalue weighted by Gasteiger charge is -2.34. The maximum Gasteiger partial charge on any atom is 0.0125 e. The molecule has 0 fully saturated rings. The van der Waals surface area contributed by atoms with Crippen molar-refractivity contribution in [2.45, 2.75) is 33.2 Å². The number of nitrogens with two attached hydrogens (primary N) is 1. The normalized spacial score (nSPS) is 12.6. The number of hydrogen-bond donors (Lipinski definition) is 1. The summed E-state index contributed by atoms with van der Waals surface area (Å²) >= 11 is 0. The number of nitrogens with zero attached hydrogens (tertiary/aromatic N) is 1. The van der Waals surface area contributed by atoms with Gasteiger partial charge in [-0.1, -0.05) is 6.92 Å². The Balaban J connectivity index is 3.81. The minimum absolute atomic E-state index is 0.272. The summed E-state index contributed by atoms with van der Waals surface area (Å²) in [5, 5.41) is 0. The molecule has 0 aromatic heterocycles. The average Bonchev–Trinajstić information content (AvgIpc) is 1.80. The van der Waals surface area contributed by atoms with Gasteiger partial charge in [0.05, 0.1) is 0 Å². The van der Waals surface area contributed by atoms with Crippen molar-refractivity contribution in [3.63, 3.8) is 0 Å². The van der Waals surface area contributed by atoms with Crippen LogP contribution in [0.15, 0.2) is 0 Å². The fourth-order valence-corrected chi connectivity index (χ4v) is 1.12. The van der Waals surface area contributed by atoms with Crippen LogP contribution in [0.3, 0.4) is 0 Å². The van der Waals surface area contributed by atoms with Gasteiger partial charge in [-0.3, -0.25) is 4.90 Å². The summed E-state index contributed by atoms with van der Waals surface area (Å²) in [7, 11) is 0. The number of likely N-dealkylation sites (N-methyl/N-ethyl adjacent to an activating group) is 1. The Morgan fingerprint density at radius 1 is 1.30 bits per heavy atom. The van der Waals surface area contributed by atoms with E-state index in [1.165, 1.54) is 0 Å². The van der Waals surface area contributed by atoms with E-state index in [1.54, 1.807) is 0 Å². The van der Waals surface area contributed by atoms with Crippen LogP contribution in [0.5, 0.6) is 0 Å². The molecule has 0 saturated heterocycles. The summed E-state index contributed by atoms with van der Waals surface area (Å²) in [4.78, 5) is 2.37. The summed E-state index contributed by atoms with van der Waals surface area (Å²) in [5.74, 6) is 0. The molecule has 0 aliphatic carbocycles. The molecule has 0 saturated carbocycles. The Morgan fingerprint density at radius 3 is 1.90 bits per heavy atom. The first-order chi connectivity index (χ1) is 4.52. The fourth-order valence-electron chi connectivity index (χ4n) is 1.12. The summed E-state index contributed by atoms with van der Waals surface area (Å²) in [5.41, 5.74) is 5.73. The molecule has 62 valence electrons. The second-order valence-corrected chi connectivity index (χ2v) is 3.54. The van der Waals surface area contributed by atoms with Gasteiger partial charge in [-0.05, 0) is 27.3 Å². The third-order valence-corrected chi connectivity index (χ3v) is 1.73. The van der Waals surface area contributed by atoms with Crippen LogP contribution in [0.1, 0.15) is 27.7 Å². The lowest BCUT2D eigenvalue weighted by atomic mass is 10.1. The van der Waals surface area contributed by atoms with Crippen LogP contribution in [-0.2, 0) is 0 Å². The van der Waals surface area contributed by atoms with Gasteiger partial charge in [-0.25, -0.2) is 0 Å². The van der Waals surface area contributed by atoms with E-state index < -0.39 is 0 Å². The average molecular weight is 144 g/mol. The van der Waals surface area contributed by atoms with Crippen LogP contribution < -0.4 is 5.73 Å². The van der Waals surface area contributed by atoms with Crippen LogP contribution in [0, 0.1) is 0 Å². The standard InChI is InChI=1S/C8H20N2/c1-5-10(7-6-9)8(2,3)4/h5-7,9H2,1-4H3. The van der Waals surface area contributed by atoms with Gasteiger partial charge in [-0.15, -0.1) is 0 Å². The summed E-state index contributed by atoms with van der Waals surface area (Å²) < 4.78 is 0. The molecule has 0 aromatic carbocycles. The van der Waals surface area contributed by atoms with E-state index in [1.807, 2.05) is 0 Å². The van der Waals surface area contributed by atoms with Crippen molar-refractivity contribution < 1.29 is 0 Å². The van der Waals surface area contributed by atoms with Crippen molar-refractivity contribution >= 4 is 0 Å². The van der Waals surface area contributed by atoms with Gasteiger partial charge in [-0.2, -0.15) is 0 Å². The Bertz CT molecular complexity index is 83.7. The monoisotopic (exact) mass is 144 g/mol. The summed E-state index contributed by atoms with van der Waals surface area (Å²) in [6.07, 6.45) is 0. The van der Waals surface area contributed by atoms with Crippen molar-refractivity contribution in [3.8, 4) is 0 Å². The van der Waals surface area contributed by atoms with Gasteiger partial charge < -0.3 is 5.73 Å². The molecule has 0 aromatic rings. The molecule has 0 aliphatic rings. The van der Waals surface area contributed by atoms with Gasteiger partial charge in [0.15, 0.2) is 0 Å². The zero-order valence-electron chi connectivity index (χ0n) is 7.65. The molecule has 0 spiro atoms. The van der Waals surface area contributed by atoms with Gasteiger partial charge in [0.1, 0.15) is 0 Å². The van der Waals surface area contributed by atoms with E-state index in [4.69, 9.17) is 5.73 Å². The molecule has 2 N–H and O–H groups in total. The topological polar surface area (TPSA) is 29.3 Å². The highest BCUT2D eigenvalue weighted by Crippen LogP contribution is 2.10. The predicted molar refractivity (Wildman–Crippen MR) is 46.1 cm³/mol. The zero-order valence-corrected chi connectivity index (χ0v) is 7.65. The molecular weight excluding hydrogens is 124 g/mol. The van der Waals surface area contributed by atoms with Crippen molar-refractivity contribution in [2.75, 3.05) is 19.6 Å². The van der Waals surface area contributed by atoms with E-state index in [2.05, 4.69) is 32.6 Å². The molecule has 0 radical (unpaired) electrons. The third-order valence-electron chi connectivity index (χ3n) is 1.73. The lowest BCUT2D eigenvalue weighted by Crippen LogP contribution is -2.43. The van der Waals surface area contributed by atoms with Gasteiger partial charge in [0, 0.05) is 18.6 Å². The highest BCUT2D eigenvalue weighted by atomic mass is 15.2. The quantitative estimate of drug-likeness (QED) is 0.642. The first-order valence-electron chi connectivity index (χ1n) is 3.97. The molecule has 0 aliphatic heterocycles. The third kappa shape index (κ3) is 3.18. The molecule has 0 atom stereocenters. The maximum absolute atomic E-state index is 5.46. The Labute approximate surface area is 64.4 Å². The highest BCUT2D eigenvalue weighted by Gasteiger charge is 2.17. The van der Waals surface area contributed by atoms with E-state index in [-0.39, 0.29) is 5.54 Å². The first kappa shape index (κ1) is 9.92. The van der Waals surface area contributed by atoms with E-state index in [0.717, 1.165) is 19.6 Å². The van der Waals surface area contributed by atoms with Crippen molar-refractivity contribution in [1.29, 1.82) is 0 Å². The largest absolute Gasteiger partial charge is 0.329 e. The molecule has 2 nitrogen and oxygen atoms in total. The second-order valence-electron chi connectivity index (χ2n) is 3.54. The van der Waals surface area contributed by atoms with E-state index >= 15 is 0 Å². The minimum atomic E-state index is 0.272. The predicted octanol–water partition coefficient (Wildman–Crippen LogP) is 1.07. The summed E-state index contributed by atoms with van der Waals surface area (Å²) in [6.45, 7) is 11.6.